The molecule has 132 valence electrons. The normalized spacial score (nSPS) is 21.9. The van der Waals surface area contributed by atoms with Gasteiger partial charge in [0.05, 0.1) is 0 Å². The van der Waals surface area contributed by atoms with E-state index in [1.807, 2.05) is 11.9 Å². The Balaban J connectivity index is 1.41. The van der Waals surface area contributed by atoms with Gasteiger partial charge in [0.25, 0.3) is 0 Å². The first kappa shape index (κ1) is 17.2. The highest BCUT2D eigenvalue weighted by Gasteiger charge is 2.24. The number of carbonyl (C=O) groups is 1. The fraction of sp³-hybridized carbons (Fsp3) is 0.632. The highest BCUT2D eigenvalue weighted by atomic mass is 16.2. The monoisotopic (exact) mass is 330 g/mol. The molecular weight excluding hydrogens is 300 g/mol. The lowest BCUT2D eigenvalue weighted by Gasteiger charge is -2.36. The number of nitrogens with zero attached hydrogens (tertiary/aromatic N) is 3. The lowest BCUT2D eigenvalue weighted by molar-refractivity contribution is -0.132. The molecule has 24 heavy (non-hydrogen) atoms. The van der Waals surface area contributed by atoms with Crippen LogP contribution in [0.4, 0.5) is 5.69 Å². The van der Waals surface area contributed by atoms with Gasteiger partial charge in [0.15, 0.2) is 0 Å². The van der Waals surface area contributed by atoms with Crippen LogP contribution in [-0.4, -0.2) is 74.6 Å². The van der Waals surface area contributed by atoms with Crippen LogP contribution in [0.3, 0.4) is 0 Å². The van der Waals surface area contributed by atoms with E-state index in [-0.39, 0.29) is 5.91 Å². The maximum atomic E-state index is 12.4. The van der Waals surface area contributed by atoms with Crippen molar-refractivity contribution in [2.45, 2.75) is 25.8 Å². The van der Waals surface area contributed by atoms with Crippen LogP contribution in [0.25, 0.3) is 0 Å². The summed E-state index contributed by atoms with van der Waals surface area (Å²) < 4.78 is 0. The zero-order valence-electron chi connectivity index (χ0n) is 15.0. The SMILES string of the molecule is Cc1cccc(N2CCN(CCC(=O)N(C)C3CCNC3)CC2)c1. The number of aryl methyl sites for hydroxylation is 1. The molecule has 0 saturated carbocycles. The minimum Gasteiger partial charge on any atom is -0.369 e. The molecule has 1 amide bonds. The van der Waals surface area contributed by atoms with Crippen molar-refractivity contribution < 1.29 is 4.79 Å². The summed E-state index contributed by atoms with van der Waals surface area (Å²) in [5.74, 6) is 0.282. The van der Waals surface area contributed by atoms with Crippen LogP contribution in [0.5, 0.6) is 0 Å². The van der Waals surface area contributed by atoms with E-state index in [4.69, 9.17) is 0 Å². The summed E-state index contributed by atoms with van der Waals surface area (Å²) >= 11 is 0. The number of likely N-dealkylation sites (N-methyl/N-ethyl adjacent to an activating group) is 1. The van der Waals surface area contributed by atoms with Gasteiger partial charge in [-0.15, -0.1) is 0 Å². The minimum absolute atomic E-state index is 0.282. The predicted molar refractivity (Wildman–Crippen MR) is 98.5 cm³/mol. The molecule has 2 fully saturated rings. The van der Waals surface area contributed by atoms with Gasteiger partial charge in [0, 0.05) is 64.5 Å². The lowest BCUT2D eigenvalue weighted by atomic mass is 10.2. The van der Waals surface area contributed by atoms with E-state index in [1.165, 1.54) is 11.3 Å². The summed E-state index contributed by atoms with van der Waals surface area (Å²) in [5.41, 5.74) is 2.63. The van der Waals surface area contributed by atoms with Crippen molar-refractivity contribution in [1.29, 1.82) is 0 Å². The van der Waals surface area contributed by atoms with Crippen LogP contribution in [0, 0.1) is 6.92 Å². The maximum absolute atomic E-state index is 12.4. The molecule has 0 radical (unpaired) electrons. The molecule has 1 aromatic rings. The molecule has 2 saturated heterocycles. The molecule has 5 nitrogen and oxygen atoms in total. The van der Waals surface area contributed by atoms with Crippen LogP contribution in [0.2, 0.25) is 0 Å². The first-order valence-corrected chi connectivity index (χ1v) is 9.14. The van der Waals surface area contributed by atoms with E-state index in [1.54, 1.807) is 0 Å². The Bertz CT molecular complexity index is 548. The first-order valence-electron chi connectivity index (χ1n) is 9.14. The van der Waals surface area contributed by atoms with Gasteiger partial charge in [0.2, 0.25) is 5.91 Å². The minimum atomic E-state index is 0.282. The number of carbonyl (C=O) groups excluding carboxylic acids is 1. The Kier molecular flexibility index (Phi) is 5.74. The first-order chi connectivity index (χ1) is 11.6. The summed E-state index contributed by atoms with van der Waals surface area (Å²) in [5, 5.41) is 3.33. The molecule has 1 atom stereocenters. The summed E-state index contributed by atoms with van der Waals surface area (Å²) in [6.07, 6.45) is 1.72. The Morgan fingerprint density at radius 2 is 2.08 bits per heavy atom. The average molecular weight is 330 g/mol. The van der Waals surface area contributed by atoms with Crippen molar-refractivity contribution in [2.24, 2.45) is 0 Å². The maximum Gasteiger partial charge on any atom is 0.223 e. The second-order valence-corrected chi connectivity index (χ2v) is 7.07. The summed E-state index contributed by atoms with van der Waals surface area (Å²) in [6.45, 7) is 9.15. The zero-order chi connectivity index (χ0) is 16.9. The Morgan fingerprint density at radius 1 is 1.29 bits per heavy atom. The Morgan fingerprint density at radius 3 is 2.75 bits per heavy atom. The van der Waals surface area contributed by atoms with Gasteiger partial charge in [-0.05, 0) is 37.6 Å². The second-order valence-electron chi connectivity index (χ2n) is 7.07. The molecule has 5 heteroatoms. The van der Waals surface area contributed by atoms with Crippen LogP contribution in [0.15, 0.2) is 24.3 Å². The smallest absolute Gasteiger partial charge is 0.223 e. The molecule has 0 bridgehead atoms. The second kappa shape index (κ2) is 7.99. The van der Waals surface area contributed by atoms with Gasteiger partial charge in [0.1, 0.15) is 0 Å². The number of nitrogens with one attached hydrogen (secondary N) is 1. The van der Waals surface area contributed by atoms with E-state index in [0.717, 1.165) is 52.2 Å². The Hall–Kier alpha value is -1.59. The van der Waals surface area contributed by atoms with Gasteiger partial charge < -0.3 is 15.1 Å². The molecule has 1 unspecified atom stereocenters. The van der Waals surface area contributed by atoms with Gasteiger partial charge >= 0.3 is 0 Å². The predicted octanol–water partition coefficient (Wildman–Crippen LogP) is 1.33. The number of rotatable bonds is 5. The molecule has 3 rings (SSSR count). The molecule has 0 aromatic heterocycles. The quantitative estimate of drug-likeness (QED) is 0.884. The molecule has 0 spiro atoms. The van der Waals surface area contributed by atoms with Gasteiger partial charge in [-0.1, -0.05) is 12.1 Å². The van der Waals surface area contributed by atoms with Gasteiger partial charge in [-0.3, -0.25) is 9.69 Å². The van der Waals surface area contributed by atoms with Crippen LogP contribution in [-0.2, 0) is 4.79 Å². The molecular formula is C19H30N4O. The van der Waals surface area contributed by atoms with Crippen LogP contribution >= 0.6 is 0 Å². The number of piperazine rings is 1. The van der Waals surface area contributed by atoms with Crippen molar-refractivity contribution in [3.05, 3.63) is 29.8 Å². The largest absolute Gasteiger partial charge is 0.369 e. The third-order valence-corrected chi connectivity index (χ3v) is 5.36. The van der Waals surface area contributed by atoms with Gasteiger partial charge in [-0.2, -0.15) is 0 Å². The average Bonchev–Trinajstić information content (AvgIpc) is 3.14. The molecule has 2 heterocycles. The van der Waals surface area contributed by atoms with E-state index < -0.39 is 0 Å². The third kappa shape index (κ3) is 4.28. The van der Waals surface area contributed by atoms with Gasteiger partial charge in [-0.25, -0.2) is 0 Å². The molecule has 1 N–H and O–H groups in total. The number of anilines is 1. The standard InChI is InChI=1S/C19H30N4O/c1-16-4-3-5-17(14-16)23-12-10-22(11-13-23)9-7-19(24)21(2)18-6-8-20-15-18/h3-5,14,18,20H,6-13,15H2,1-2H3. The van der Waals surface area contributed by atoms with E-state index in [2.05, 4.69) is 46.3 Å². The topological polar surface area (TPSA) is 38.8 Å². The number of benzene rings is 1. The Labute approximate surface area is 145 Å². The van der Waals surface area contributed by atoms with Crippen LogP contribution in [0.1, 0.15) is 18.4 Å². The van der Waals surface area contributed by atoms with Crippen LogP contribution < -0.4 is 10.2 Å². The molecule has 2 aliphatic heterocycles. The van der Waals surface area contributed by atoms with E-state index in [0.29, 0.717) is 12.5 Å². The highest BCUT2D eigenvalue weighted by Crippen LogP contribution is 2.18. The zero-order valence-corrected chi connectivity index (χ0v) is 15.0. The number of hydrogen-bond donors (Lipinski definition) is 1. The van der Waals surface area contributed by atoms with Crippen molar-refractivity contribution in [2.75, 3.05) is 57.8 Å². The number of amides is 1. The lowest BCUT2D eigenvalue weighted by Crippen LogP contribution is -2.47. The third-order valence-electron chi connectivity index (χ3n) is 5.36. The summed E-state index contributed by atoms with van der Waals surface area (Å²) in [7, 11) is 1.95. The summed E-state index contributed by atoms with van der Waals surface area (Å²) in [6, 6.07) is 9.10. The fourth-order valence-electron chi connectivity index (χ4n) is 3.66. The van der Waals surface area contributed by atoms with Crippen molar-refractivity contribution in [1.82, 2.24) is 15.1 Å². The summed E-state index contributed by atoms with van der Waals surface area (Å²) in [4.78, 5) is 19.2. The van der Waals surface area contributed by atoms with E-state index in [9.17, 15) is 4.79 Å². The number of hydrogen-bond acceptors (Lipinski definition) is 4. The fourth-order valence-corrected chi connectivity index (χ4v) is 3.66. The van der Waals surface area contributed by atoms with E-state index >= 15 is 0 Å². The highest BCUT2D eigenvalue weighted by molar-refractivity contribution is 5.76. The molecule has 0 aliphatic carbocycles. The molecule has 2 aliphatic rings. The van der Waals surface area contributed by atoms with Crippen molar-refractivity contribution in [3.8, 4) is 0 Å². The molecule has 1 aromatic carbocycles. The van der Waals surface area contributed by atoms with Crippen molar-refractivity contribution >= 4 is 11.6 Å². The van der Waals surface area contributed by atoms with Crippen molar-refractivity contribution in [3.63, 3.8) is 0 Å².